The Hall–Kier alpha value is -0.340. The minimum Gasteiger partial charge on any atom is -0.327 e. The number of hydrogen-bond acceptors (Lipinski definition) is 1. The van der Waals surface area contributed by atoms with Crippen molar-refractivity contribution >= 4 is 15.9 Å². The van der Waals surface area contributed by atoms with Gasteiger partial charge >= 0.3 is 0 Å². The van der Waals surface area contributed by atoms with Crippen LogP contribution in [0.4, 0.5) is 0 Å². The van der Waals surface area contributed by atoms with Crippen LogP contribution in [0.5, 0.6) is 0 Å². The quantitative estimate of drug-likeness (QED) is 0.721. The van der Waals surface area contributed by atoms with Crippen LogP contribution in [0.25, 0.3) is 0 Å². The van der Waals surface area contributed by atoms with Gasteiger partial charge in [0.1, 0.15) is 0 Å². The van der Waals surface area contributed by atoms with Crippen molar-refractivity contribution in [1.82, 2.24) is 0 Å². The van der Waals surface area contributed by atoms with E-state index in [2.05, 4.69) is 34.1 Å². The maximum atomic E-state index is 5.88. The van der Waals surface area contributed by atoms with Crippen LogP contribution in [-0.2, 0) is 12.8 Å². The predicted octanol–water partition coefficient (Wildman–Crippen LogP) is 2.27. The van der Waals surface area contributed by atoms with E-state index in [1.807, 2.05) is 0 Å². The standard InChI is InChI=1S/C10H12BrN/c11-10-3-1-2-7-6-8(12)4-5-9(7)10/h1-3,8H,4-6,12H2. The summed E-state index contributed by atoms with van der Waals surface area (Å²) in [5.74, 6) is 0. The Balaban J connectivity index is 2.42. The number of nitrogens with two attached hydrogens (primary N) is 1. The molecule has 0 amide bonds. The van der Waals surface area contributed by atoms with Crippen molar-refractivity contribution in [2.45, 2.75) is 25.3 Å². The molecule has 1 aromatic rings. The van der Waals surface area contributed by atoms with E-state index < -0.39 is 0 Å². The number of benzene rings is 1. The second-order valence-corrected chi connectivity index (χ2v) is 4.23. The average Bonchev–Trinajstić information content (AvgIpc) is 2.04. The molecule has 0 saturated heterocycles. The molecule has 0 fully saturated rings. The Morgan fingerprint density at radius 1 is 1.42 bits per heavy atom. The largest absolute Gasteiger partial charge is 0.327 e. The summed E-state index contributed by atoms with van der Waals surface area (Å²) in [4.78, 5) is 0. The lowest BCUT2D eigenvalue weighted by Crippen LogP contribution is -2.27. The Morgan fingerprint density at radius 3 is 3.08 bits per heavy atom. The van der Waals surface area contributed by atoms with E-state index in [0.29, 0.717) is 6.04 Å². The normalized spacial score (nSPS) is 22.0. The van der Waals surface area contributed by atoms with Gasteiger partial charge in [0, 0.05) is 10.5 Å². The summed E-state index contributed by atoms with van der Waals surface area (Å²) in [7, 11) is 0. The van der Waals surface area contributed by atoms with Gasteiger partial charge in [-0.05, 0) is 36.5 Å². The van der Waals surface area contributed by atoms with Crippen molar-refractivity contribution in [2.75, 3.05) is 0 Å². The van der Waals surface area contributed by atoms with Crippen molar-refractivity contribution < 1.29 is 0 Å². The molecular weight excluding hydrogens is 214 g/mol. The lowest BCUT2D eigenvalue weighted by Gasteiger charge is -2.22. The van der Waals surface area contributed by atoms with Gasteiger partial charge in [-0.3, -0.25) is 0 Å². The molecule has 1 aliphatic carbocycles. The van der Waals surface area contributed by atoms with Crippen LogP contribution in [0, 0.1) is 0 Å². The predicted molar refractivity (Wildman–Crippen MR) is 54.1 cm³/mol. The lowest BCUT2D eigenvalue weighted by molar-refractivity contribution is 0.575. The molecule has 0 bridgehead atoms. The Morgan fingerprint density at radius 2 is 2.25 bits per heavy atom. The highest BCUT2D eigenvalue weighted by molar-refractivity contribution is 9.10. The first kappa shape index (κ1) is 8.27. The molecule has 1 aromatic carbocycles. The third kappa shape index (κ3) is 1.41. The second-order valence-electron chi connectivity index (χ2n) is 3.38. The fraction of sp³-hybridized carbons (Fsp3) is 0.400. The van der Waals surface area contributed by atoms with Crippen LogP contribution in [0.15, 0.2) is 22.7 Å². The summed E-state index contributed by atoms with van der Waals surface area (Å²) in [5, 5.41) is 0. The number of hydrogen-bond donors (Lipinski definition) is 1. The molecule has 0 spiro atoms. The van der Waals surface area contributed by atoms with Gasteiger partial charge in [-0.1, -0.05) is 28.1 Å². The summed E-state index contributed by atoms with van der Waals surface area (Å²) in [6, 6.07) is 6.74. The zero-order valence-corrected chi connectivity index (χ0v) is 8.47. The summed E-state index contributed by atoms with van der Waals surface area (Å²) in [6.45, 7) is 0. The van der Waals surface area contributed by atoms with Gasteiger partial charge in [0.05, 0.1) is 0 Å². The van der Waals surface area contributed by atoms with Gasteiger partial charge in [-0.15, -0.1) is 0 Å². The molecule has 1 aliphatic rings. The molecule has 12 heavy (non-hydrogen) atoms. The van der Waals surface area contributed by atoms with E-state index >= 15 is 0 Å². The molecule has 0 radical (unpaired) electrons. The summed E-state index contributed by atoms with van der Waals surface area (Å²) in [5.41, 5.74) is 8.76. The SMILES string of the molecule is NC1CCc2c(Br)cccc2C1. The van der Waals surface area contributed by atoms with E-state index in [0.717, 1.165) is 19.3 Å². The Labute approximate surface area is 81.1 Å². The van der Waals surface area contributed by atoms with Gasteiger partial charge < -0.3 is 5.73 Å². The third-order valence-corrected chi connectivity index (χ3v) is 3.21. The second kappa shape index (κ2) is 3.19. The van der Waals surface area contributed by atoms with Crippen LogP contribution < -0.4 is 5.73 Å². The highest BCUT2D eigenvalue weighted by atomic mass is 79.9. The lowest BCUT2D eigenvalue weighted by atomic mass is 9.89. The fourth-order valence-corrected chi connectivity index (χ4v) is 2.39. The van der Waals surface area contributed by atoms with Gasteiger partial charge in [0.25, 0.3) is 0 Å². The Bertz CT molecular complexity index is 296. The summed E-state index contributed by atoms with van der Waals surface area (Å²) in [6.07, 6.45) is 3.28. The smallest absolute Gasteiger partial charge is 0.0210 e. The average molecular weight is 226 g/mol. The van der Waals surface area contributed by atoms with Crippen molar-refractivity contribution in [2.24, 2.45) is 5.73 Å². The molecule has 1 unspecified atom stereocenters. The zero-order valence-electron chi connectivity index (χ0n) is 6.89. The van der Waals surface area contributed by atoms with Crippen molar-refractivity contribution in [3.05, 3.63) is 33.8 Å². The van der Waals surface area contributed by atoms with Crippen LogP contribution >= 0.6 is 15.9 Å². The topological polar surface area (TPSA) is 26.0 Å². The minimum absolute atomic E-state index is 0.367. The summed E-state index contributed by atoms with van der Waals surface area (Å²) < 4.78 is 1.24. The van der Waals surface area contributed by atoms with Crippen molar-refractivity contribution in [3.8, 4) is 0 Å². The number of fused-ring (bicyclic) bond motifs is 1. The van der Waals surface area contributed by atoms with E-state index in [9.17, 15) is 0 Å². The van der Waals surface area contributed by atoms with E-state index in [1.165, 1.54) is 15.6 Å². The zero-order chi connectivity index (χ0) is 8.55. The van der Waals surface area contributed by atoms with Crippen LogP contribution in [0.1, 0.15) is 17.5 Å². The molecule has 0 saturated carbocycles. The monoisotopic (exact) mass is 225 g/mol. The molecular formula is C10H12BrN. The highest BCUT2D eigenvalue weighted by Crippen LogP contribution is 2.27. The van der Waals surface area contributed by atoms with E-state index in [4.69, 9.17) is 5.73 Å². The Kier molecular flexibility index (Phi) is 2.20. The maximum Gasteiger partial charge on any atom is 0.0210 e. The number of rotatable bonds is 0. The molecule has 0 heterocycles. The first-order chi connectivity index (χ1) is 5.77. The van der Waals surface area contributed by atoms with Crippen molar-refractivity contribution in [3.63, 3.8) is 0 Å². The molecule has 0 aliphatic heterocycles. The molecule has 1 nitrogen and oxygen atoms in total. The minimum atomic E-state index is 0.367. The van der Waals surface area contributed by atoms with Crippen LogP contribution in [0.3, 0.4) is 0 Å². The first-order valence-electron chi connectivity index (χ1n) is 4.29. The number of halogens is 1. The fourth-order valence-electron chi connectivity index (χ4n) is 1.79. The highest BCUT2D eigenvalue weighted by Gasteiger charge is 2.16. The molecule has 2 heteroatoms. The molecule has 2 N–H and O–H groups in total. The first-order valence-corrected chi connectivity index (χ1v) is 5.08. The third-order valence-electron chi connectivity index (χ3n) is 2.46. The maximum absolute atomic E-state index is 5.88. The van der Waals surface area contributed by atoms with E-state index in [1.54, 1.807) is 0 Å². The van der Waals surface area contributed by atoms with Crippen LogP contribution in [0.2, 0.25) is 0 Å². The van der Waals surface area contributed by atoms with Crippen LogP contribution in [-0.4, -0.2) is 6.04 Å². The van der Waals surface area contributed by atoms with Gasteiger partial charge in [-0.25, -0.2) is 0 Å². The molecule has 64 valence electrons. The van der Waals surface area contributed by atoms with Gasteiger partial charge in [-0.2, -0.15) is 0 Å². The van der Waals surface area contributed by atoms with Gasteiger partial charge in [0.15, 0.2) is 0 Å². The molecule has 2 rings (SSSR count). The van der Waals surface area contributed by atoms with Gasteiger partial charge in [0.2, 0.25) is 0 Å². The molecule has 0 aromatic heterocycles. The van der Waals surface area contributed by atoms with E-state index in [-0.39, 0.29) is 0 Å². The summed E-state index contributed by atoms with van der Waals surface area (Å²) >= 11 is 3.56. The molecule has 1 atom stereocenters. The van der Waals surface area contributed by atoms with Crippen molar-refractivity contribution in [1.29, 1.82) is 0 Å².